The van der Waals surface area contributed by atoms with Gasteiger partial charge in [-0.25, -0.2) is 12.8 Å². The summed E-state index contributed by atoms with van der Waals surface area (Å²) in [6.07, 6.45) is 0.695. The minimum Gasteiger partial charge on any atom is -0.352 e. The molecule has 0 saturated heterocycles. The van der Waals surface area contributed by atoms with Crippen LogP contribution in [0.5, 0.6) is 0 Å². The first kappa shape index (κ1) is 31.1. The number of hydrogen-bond donors (Lipinski definition) is 1. The molecule has 0 fully saturated rings. The van der Waals surface area contributed by atoms with Gasteiger partial charge in [0.2, 0.25) is 11.8 Å². The number of hydrogen-bond acceptors (Lipinski definition) is 4. The average molecular weight is 588 g/mol. The summed E-state index contributed by atoms with van der Waals surface area (Å²) in [5.41, 5.74) is 2.21. The van der Waals surface area contributed by atoms with E-state index in [0.717, 1.165) is 9.87 Å². The van der Waals surface area contributed by atoms with Crippen LogP contribution in [-0.4, -0.2) is 43.8 Å². The van der Waals surface area contributed by atoms with E-state index in [1.807, 2.05) is 20.8 Å². The second kappa shape index (κ2) is 13.3. The Bertz CT molecular complexity index is 1450. The highest BCUT2D eigenvalue weighted by molar-refractivity contribution is 7.92. The fraction of sp³-hybridized carbons (Fsp3) is 0.333. The number of benzene rings is 3. The Hall–Kier alpha value is -3.43. The number of rotatable bonds is 11. The van der Waals surface area contributed by atoms with Gasteiger partial charge in [0.15, 0.2) is 0 Å². The Morgan fingerprint density at radius 2 is 1.60 bits per heavy atom. The Balaban J connectivity index is 2.06. The van der Waals surface area contributed by atoms with Gasteiger partial charge in [-0.15, -0.1) is 0 Å². The lowest BCUT2D eigenvalue weighted by Gasteiger charge is -2.33. The number of aryl methyl sites for hydroxylation is 1. The number of nitrogens with zero attached hydrogens (tertiary/aromatic N) is 2. The number of carbonyl (C=O) groups excluding carboxylic acids is 2. The van der Waals surface area contributed by atoms with Gasteiger partial charge in [-0.2, -0.15) is 0 Å². The van der Waals surface area contributed by atoms with Crippen LogP contribution in [0.2, 0.25) is 5.02 Å². The smallest absolute Gasteiger partial charge is 0.264 e. The van der Waals surface area contributed by atoms with Crippen LogP contribution in [0.25, 0.3) is 0 Å². The van der Waals surface area contributed by atoms with E-state index in [1.54, 1.807) is 44.2 Å². The fourth-order valence-electron chi connectivity index (χ4n) is 4.05. The molecule has 2 atom stereocenters. The first-order valence-electron chi connectivity index (χ1n) is 13.0. The van der Waals surface area contributed by atoms with Gasteiger partial charge in [0.1, 0.15) is 18.4 Å². The minimum absolute atomic E-state index is 0.0120. The molecule has 214 valence electrons. The second-order valence-corrected chi connectivity index (χ2v) is 12.1. The van der Waals surface area contributed by atoms with E-state index in [9.17, 15) is 22.4 Å². The predicted molar refractivity (Wildman–Crippen MR) is 156 cm³/mol. The van der Waals surface area contributed by atoms with E-state index in [4.69, 9.17) is 11.6 Å². The van der Waals surface area contributed by atoms with Gasteiger partial charge in [0, 0.05) is 17.6 Å². The van der Waals surface area contributed by atoms with Gasteiger partial charge in [0.05, 0.1) is 10.6 Å². The first-order chi connectivity index (χ1) is 18.8. The van der Waals surface area contributed by atoms with Gasteiger partial charge in [-0.05, 0) is 81.6 Å². The highest BCUT2D eigenvalue weighted by Crippen LogP contribution is 2.31. The molecule has 1 N–H and O–H groups in total. The molecule has 2 amide bonds. The molecule has 0 aliphatic carbocycles. The predicted octanol–water partition coefficient (Wildman–Crippen LogP) is 5.62. The second-order valence-electron chi connectivity index (χ2n) is 9.85. The van der Waals surface area contributed by atoms with Crippen LogP contribution in [0, 0.1) is 19.7 Å². The zero-order chi connectivity index (χ0) is 29.6. The third-order valence-electron chi connectivity index (χ3n) is 6.83. The number of nitrogens with one attached hydrogen (secondary N) is 1. The third-order valence-corrected chi connectivity index (χ3v) is 9.01. The number of halogens is 2. The molecule has 10 heteroatoms. The van der Waals surface area contributed by atoms with Gasteiger partial charge in [-0.3, -0.25) is 13.9 Å². The molecule has 0 saturated carbocycles. The average Bonchev–Trinajstić information content (AvgIpc) is 2.92. The van der Waals surface area contributed by atoms with E-state index in [-0.39, 0.29) is 29.1 Å². The summed E-state index contributed by atoms with van der Waals surface area (Å²) in [6, 6.07) is 15.7. The van der Waals surface area contributed by atoms with Crippen molar-refractivity contribution in [3.63, 3.8) is 0 Å². The summed E-state index contributed by atoms with van der Waals surface area (Å²) < 4.78 is 42.5. The molecule has 3 aromatic rings. The van der Waals surface area contributed by atoms with Crippen molar-refractivity contribution in [2.75, 3.05) is 10.8 Å². The number of carbonyl (C=O) groups is 2. The molecule has 0 aliphatic heterocycles. The van der Waals surface area contributed by atoms with Crippen molar-refractivity contribution in [1.82, 2.24) is 10.2 Å². The van der Waals surface area contributed by atoms with Gasteiger partial charge < -0.3 is 10.2 Å². The van der Waals surface area contributed by atoms with Crippen LogP contribution in [0.15, 0.2) is 71.6 Å². The number of anilines is 1. The molecule has 0 spiro atoms. The van der Waals surface area contributed by atoms with Crippen molar-refractivity contribution in [1.29, 1.82) is 0 Å². The largest absolute Gasteiger partial charge is 0.352 e. The van der Waals surface area contributed by atoms with Crippen molar-refractivity contribution < 1.29 is 22.4 Å². The Morgan fingerprint density at radius 3 is 2.20 bits per heavy atom. The molecule has 0 aliphatic rings. The highest BCUT2D eigenvalue weighted by atomic mass is 35.5. The highest BCUT2D eigenvalue weighted by Gasteiger charge is 2.33. The minimum atomic E-state index is -4.21. The maximum absolute atomic E-state index is 14.0. The summed E-state index contributed by atoms with van der Waals surface area (Å²) in [4.78, 5) is 28.4. The molecule has 0 unspecified atom stereocenters. The van der Waals surface area contributed by atoms with Crippen LogP contribution < -0.4 is 9.62 Å². The van der Waals surface area contributed by atoms with Crippen molar-refractivity contribution >= 4 is 39.1 Å². The third kappa shape index (κ3) is 7.40. The Morgan fingerprint density at radius 1 is 0.975 bits per heavy atom. The number of amides is 2. The Labute approximate surface area is 241 Å². The lowest BCUT2D eigenvalue weighted by Crippen LogP contribution is -2.52. The van der Waals surface area contributed by atoms with E-state index in [2.05, 4.69) is 5.32 Å². The first-order valence-corrected chi connectivity index (χ1v) is 14.9. The molecule has 0 radical (unpaired) electrons. The molecule has 0 bridgehead atoms. The van der Waals surface area contributed by atoms with Crippen LogP contribution in [0.1, 0.15) is 43.9 Å². The summed E-state index contributed by atoms with van der Waals surface area (Å²) in [7, 11) is -4.21. The van der Waals surface area contributed by atoms with Crippen LogP contribution in [0.4, 0.5) is 10.1 Å². The summed E-state index contributed by atoms with van der Waals surface area (Å²) >= 11 is 6.35. The lowest BCUT2D eigenvalue weighted by molar-refractivity contribution is -0.139. The van der Waals surface area contributed by atoms with E-state index in [0.29, 0.717) is 22.6 Å². The molecule has 3 rings (SSSR count). The van der Waals surface area contributed by atoms with E-state index >= 15 is 0 Å². The summed E-state index contributed by atoms with van der Waals surface area (Å²) in [5.74, 6) is -1.42. The van der Waals surface area contributed by atoms with Crippen molar-refractivity contribution in [3.05, 3.63) is 94.3 Å². The van der Waals surface area contributed by atoms with E-state index in [1.165, 1.54) is 41.3 Å². The molecular weight excluding hydrogens is 553 g/mol. The summed E-state index contributed by atoms with van der Waals surface area (Å²) in [6.45, 7) is 8.28. The zero-order valence-electron chi connectivity index (χ0n) is 23.3. The molecule has 0 heterocycles. The monoisotopic (exact) mass is 587 g/mol. The topological polar surface area (TPSA) is 86.8 Å². The quantitative estimate of drug-likeness (QED) is 0.315. The van der Waals surface area contributed by atoms with Crippen molar-refractivity contribution in [2.24, 2.45) is 0 Å². The molecule has 7 nitrogen and oxygen atoms in total. The van der Waals surface area contributed by atoms with Crippen LogP contribution in [-0.2, 0) is 26.2 Å². The van der Waals surface area contributed by atoms with Crippen molar-refractivity contribution in [3.8, 4) is 0 Å². The molecule has 3 aromatic carbocycles. The molecule has 0 aromatic heterocycles. The maximum atomic E-state index is 14.0. The maximum Gasteiger partial charge on any atom is 0.264 e. The van der Waals surface area contributed by atoms with Gasteiger partial charge in [-0.1, -0.05) is 54.4 Å². The normalized spacial score (nSPS) is 12.9. The van der Waals surface area contributed by atoms with Crippen LogP contribution in [0.3, 0.4) is 0 Å². The summed E-state index contributed by atoms with van der Waals surface area (Å²) in [5, 5.41) is 3.23. The Kier molecular flexibility index (Phi) is 10.3. The number of sulfonamides is 1. The van der Waals surface area contributed by atoms with Gasteiger partial charge in [0.25, 0.3) is 10.0 Å². The molecule has 40 heavy (non-hydrogen) atoms. The van der Waals surface area contributed by atoms with Gasteiger partial charge >= 0.3 is 0 Å². The van der Waals surface area contributed by atoms with Crippen LogP contribution >= 0.6 is 11.6 Å². The van der Waals surface area contributed by atoms with Crippen molar-refractivity contribution in [2.45, 2.75) is 64.6 Å². The zero-order valence-corrected chi connectivity index (χ0v) is 24.9. The SMILES string of the molecule is CC[C@@H](C)NC(=O)[C@H](C)N(Cc1ccc(F)cc1)C(=O)CN(c1cccc(Cl)c1C)S(=O)(=O)c1ccc(C)cc1. The lowest BCUT2D eigenvalue weighted by atomic mass is 10.1. The van der Waals surface area contributed by atoms with E-state index < -0.39 is 34.3 Å². The fourth-order valence-corrected chi connectivity index (χ4v) is 5.69. The molecular formula is C30H35ClFN3O4S. The standard InChI is InChI=1S/C30H35ClFN3O4S/c1-6-21(3)33-30(37)23(5)34(18-24-12-14-25(32)15-13-24)29(36)19-35(28-9-7-8-27(31)22(28)4)40(38,39)26-16-10-20(2)11-17-26/h7-17,21,23H,6,18-19H2,1-5H3,(H,33,37)/t21-,23+/m1/s1.